The highest BCUT2D eigenvalue weighted by Crippen LogP contribution is 2.30. The van der Waals surface area contributed by atoms with Gasteiger partial charge in [-0.05, 0) is 19.1 Å². The normalized spacial score (nSPS) is 20.5. The number of nitrogens with one attached hydrogen (secondary N) is 1. The molecule has 1 atom stereocenters. The zero-order valence-corrected chi connectivity index (χ0v) is 12.1. The fraction of sp³-hybridized carbons (Fsp3) is 0.417. The molecular formula is C12H17N3O4S. The molecule has 8 heteroatoms. The molecule has 1 amide bonds. The zero-order valence-electron chi connectivity index (χ0n) is 11.3. The quantitative estimate of drug-likeness (QED) is 0.752. The summed E-state index contributed by atoms with van der Waals surface area (Å²) in [5.41, 5.74) is 6.03. The van der Waals surface area contributed by atoms with Crippen molar-refractivity contribution in [1.82, 2.24) is 9.62 Å². The van der Waals surface area contributed by atoms with Crippen molar-refractivity contribution in [3.63, 3.8) is 0 Å². The standard InChI is InChI=1S/C12H17N3O4S/c1-8-12(16)14-5-6-15(8)20(17,18)11-4-3-9(13)7-10(11)19-2/h3-4,7-8H,5-6,13H2,1-2H3,(H,14,16). The second kappa shape index (κ2) is 5.29. The van der Waals surface area contributed by atoms with Crippen LogP contribution in [0.4, 0.5) is 5.69 Å². The van der Waals surface area contributed by atoms with E-state index in [9.17, 15) is 13.2 Å². The van der Waals surface area contributed by atoms with Gasteiger partial charge in [0, 0.05) is 24.8 Å². The molecule has 0 saturated carbocycles. The van der Waals surface area contributed by atoms with Crippen LogP contribution in [0.5, 0.6) is 5.75 Å². The van der Waals surface area contributed by atoms with Crippen LogP contribution >= 0.6 is 0 Å². The first-order valence-electron chi connectivity index (χ1n) is 6.11. The number of benzene rings is 1. The molecule has 1 unspecified atom stereocenters. The number of nitrogens with zero attached hydrogens (tertiary/aromatic N) is 1. The molecular weight excluding hydrogens is 282 g/mol. The van der Waals surface area contributed by atoms with Crippen molar-refractivity contribution in [2.45, 2.75) is 17.9 Å². The molecule has 0 bridgehead atoms. The minimum atomic E-state index is -3.81. The molecule has 0 aliphatic carbocycles. The monoisotopic (exact) mass is 299 g/mol. The number of hydrogen-bond donors (Lipinski definition) is 2. The van der Waals surface area contributed by atoms with Gasteiger partial charge in [0.1, 0.15) is 16.7 Å². The number of ether oxygens (including phenoxy) is 1. The molecule has 0 radical (unpaired) electrons. The first kappa shape index (κ1) is 14.6. The highest BCUT2D eigenvalue weighted by molar-refractivity contribution is 7.89. The van der Waals surface area contributed by atoms with Gasteiger partial charge in [-0.3, -0.25) is 4.79 Å². The summed E-state index contributed by atoms with van der Waals surface area (Å²) in [6, 6.07) is 3.57. The van der Waals surface area contributed by atoms with Crippen molar-refractivity contribution in [3.8, 4) is 5.75 Å². The highest BCUT2D eigenvalue weighted by atomic mass is 32.2. The number of methoxy groups -OCH3 is 1. The van der Waals surface area contributed by atoms with Gasteiger partial charge < -0.3 is 15.8 Å². The summed E-state index contributed by atoms with van der Waals surface area (Å²) < 4.78 is 31.6. The van der Waals surface area contributed by atoms with Gasteiger partial charge in [-0.15, -0.1) is 0 Å². The lowest BCUT2D eigenvalue weighted by Crippen LogP contribution is -2.55. The number of nitrogen functional groups attached to an aromatic ring is 1. The molecule has 20 heavy (non-hydrogen) atoms. The second-order valence-corrected chi connectivity index (χ2v) is 6.35. The number of carbonyl (C=O) groups excluding carboxylic acids is 1. The third-order valence-electron chi connectivity index (χ3n) is 3.22. The summed E-state index contributed by atoms with van der Waals surface area (Å²) in [5, 5.41) is 2.63. The maximum atomic E-state index is 12.7. The SMILES string of the molecule is COc1cc(N)ccc1S(=O)(=O)N1CCNC(=O)C1C. The smallest absolute Gasteiger partial charge is 0.247 e. The van der Waals surface area contributed by atoms with E-state index in [0.717, 1.165) is 0 Å². The number of nitrogens with two attached hydrogens (primary N) is 1. The van der Waals surface area contributed by atoms with Crippen molar-refractivity contribution >= 4 is 21.6 Å². The lowest BCUT2D eigenvalue weighted by molar-refractivity contribution is -0.126. The van der Waals surface area contributed by atoms with Gasteiger partial charge in [-0.2, -0.15) is 4.31 Å². The fourth-order valence-electron chi connectivity index (χ4n) is 2.11. The molecule has 2 rings (SSSR count). The van der Waals surface area contributed by atoms with Crippen LogP contribution in [-0.2, 0) is 14.8 Å². The minimum Gasteiger partial charge on any atom is -0.495 e. The molecule has 1 heterocycles. The van der Waals surface area contributed by atoms with E-state index in [1.54, 1.807) is 6.92 Å². The molecule has 1 aliphatic heterocycles. The van der Waals surface area contributed by atoms with Crippen LogP contribution in [0, 0.1) is 0 Å². The van der Waals surface area contributed by atoms with Crippen LogP contribution in [0.25, 0.3) is 0 Å². The predicted molar refractivity (Wildman–Crippen MR) is 73.8 cm³/mol. The molecule has 0 aromatic heterocycles. The molecule has 7 nitrogen and oxygen atoms in total. The summed E-state index contributed by atoms with van der Waals surface area (Å²) >= 11 is 0. The van der Waals surface area contributed by atoms with Crippen LogP contribution in [0.2, 0.25) is 0 Å². The van der Waals surface area contributed by atoms with Gasteiger partial charge in [-0.25, -0.2) is 8.42 Å². The van der Waals surface area contributed by atoms with Gasteiger partial charge in [0.05, 0.1) is 7.11 Å². The Balaban J connectivity index is 2.47. The molecule has 110 valence electrons. The molecule has 1 aromatic rings. The van der Waals surface area contributed by atoms with Gasteiger partial charge in [0.25, 0.3) is 0 Å². The highest BCUT2D eigenvalue weighted by Gasteiger charge is 2.36. The average molecular weight is 299 g/mol. The van der Waals surface area contributed by atoms with Gasteiger partial charge in [0.15, 0.2) is 0 Å². The first-order valence-corrected chi connectivity index (χ1v) is 7.55. The topological polar surface area (TPSA) is 102 Å². The lowest BCUT2D eigenvalue weighted by Gasteiger charge is -2.32. The van der Waals surface area contributed by atoms with E-state index in [4.69, 9.17) is 10.5 Å². The maximum absolute atomic E-state index is 12.7. The summed E-state index contributed by atoms with van der Waals surface area (Å²) in [7, 11) is -2.44. The average Bonchev–Trinajstić information content (AvgIpc) is 2.41. The van der Waals surface area contributed by atoms with Crippen LogP contribution in [0.15, 0.2) is 23.1 Å². The molecule has 3 N–H and O–H groups in total. The van der Waals surface area contributed by atoms with Crippen LogP contribution in [0.3, 0.4) is 0 Å². The summed E-state index contributed by atoms with van der Waals surface area (Å²) in [4.78, 5) is 11.6. The third kappa shape index (κ3) is 2.44. The van der Waals surface area contributed by atoms with E-state index < -0.39 is 16.1 Å². The predicted octanol–water partition coefficient (Wildman–Crippen LogP) is -0.214. The summed E-state index contributed by atoms with van der Waals surface area (Å²) in [6.07, 6.45) is 0. The van der Waals surface area contributed by atoms with E-state index >= 15 is 0 Å². The van der Waals surface area contributed by atoms with Gasteiger partial charge >= 0.3 is 0 Å². The van der Waals surface area contributed by atoms with E-state index in [1.165, 1.54) is 29.6 Å². The van der Waals surface area contributed by atoms with E-state index in [-0.39, 0.29) is 23.1 Å². The molecule has 1 aromatic carbocycles. The largest absolute Gasteiger partial charge is 0.495 e. The van der Waals surface area contributed by atoms with Crippen molar-refractivity contribution in [1.29, 1.82) is 0 Å². The second-order valence-electron chi connectivity index (χ2n) is 4.49. The Labute approximate surface area is 117 Å². The molecule has 1 saturated heterocycles. The van der Waals surface area contributed by atoms with E-state index in [1.807, 2.05) is 0 Å². The Kier molecular flexibility index (Phi) is 3.87. The third-order valence-corrected chi connectivity index (χ3v) is 5.23. The maximum Gasteiger partial charge on any atom is 0.247 e. The van der Waals surface area contributed by atoms with Crippen molar-refractivity contribution in [3.05, 3.63) is 18.2 Å². The number of sulfonamides is 1. The number of anilines is 1. The first-order chi connectivity index (χ1) is 9.37. The number of carbonyl (C=O) groups is 1. The van der Waals surface area contributed by atoms with Crippen LogP contribution in [0.1, 0.15) is 6.92 Å². The lowest BCUT2D eigenvalue weighted by atomic mass is 10.2. The Morgan fingerprint density at radius 2 is 2.15 bits per heavy atom. The minimum absolute atomic E-state index is 0.00995. The van der Waals surface area contributed by atoms with E-state index in [2.05, 4.69) is 5.32 Å². The number of piperazine rings is 1. The zero-order chi connectivity index (χ0) is 14.9. The molecule has 1 fully saturated rings. The van der Waals surface area contributed by atoms with Crippen molar-refractivity contribution < 1.29 is 17.9 Å². The van der Waals surface area contributed by atoms with Gasteiger partial charge in [-0.1, -0.05) is 0 Å². The molecule has 1 aliphatic rings. The number of amides is 1. The molecule has 0 spiro atoms. The van der Waals surface area contributed by atoms with Crippen molar-refractivity contribution in [2.75, 3.05) is 25.9 Å². The summed E-state index contributed by atoms with van der Waals surface area (Å²) in [6.45, 7) is 2.07. The van der Waals surface area contributed by atoms with E-state index in [0.29, 0.717) is 12.2 Å². The summed E-state index contributed by atoms with van der Waals surface area (Å²) in [5.74, 6) is -0.141. The Morgan fingerprint density at radius 1 is 1.45 bits per heavy atom. The van der Waals surface area contributed by atoms with Crippen LogP contribution in [-0.4, -0.2) is 44.9 Å². The fourth-order valence-corrected chi connectivity index (χ4v) is 3.85. The number of rotatable bonds is 3. The van der Waals surface area contributed by atoms with Crippen LogP contribution < -0.4 is 15.8 Å². The van der Waals surface area contributed by atoms with Gasteiger partial charge in [0.2, 0.25) is 15.9 Å². The number of hydrogen-bond acceptors (Lipinski definition) is 5. The Morgan fingerprint density at radius 3 is 2.80 bits per heavy atom. The van der Waals surface area contributed by atoms with Crippen molar-refractivity contribution in [2.24, 2.45) is 0 Å². The Bertz CT molecular complexity index is 630. The Hall–Kier alpha value is -1.80.